The van der Waals surface area contributed by atoms with Gasteiger partial charge in [-0.05, 0) is 32.4 Å². The molecule has 0 amide bonds. The molecule has 2 N–H and O–H groups in total. The van der Waals surface area contributed by atoms with E-state index in [0.717, 1.165) is 32.4 Å². The van der Waals surface area contributed by atoms with Gasteiger partial charge in [0.1, 0.15) is 0 Å². The van der Waals surface area contributed by atoms with E-state index in [-0.39, 0.29) is 29.6 Å². The summed E-state index contributed by atoms with van der Waals surface area (Å²) in [6.45, 7) is 1.86. The summed E-state index contributed by atoms with van der Waals surface area (Å²) >= 11 is 0. The van der Waals surface area contributed by atoms with Crippen LogP contribution in [0.4, 0.5) is 0 Å². The van der Waals surface area contributed by atoms with Crippen LogP contribution < -0.4 is 10.6 Å². The van der Waals surface area contributed by atoms with Gasteiger partial charge in [-0.3, -0.25) is 9.59 Å². The number of piperidine rings is 1. The van der Waals surface area contributed by atoms with Crippen molar-refractivity contribution in [3.8, 4) is 0 Å². The predicted molar refractivity (Wildman–Crippen MR) is 59.0 cm³/mol. The second-order valence-electron chi connectivity index (χ2n) is 4.80. The van der Waals surface area contributed by atoms with E-state index >= 15 is 0 Å². The van der Waals surface area contributed by atoms with E-state index in [0.29, 0.717) is 5.57 Å². The molecular weight excluding hydrogens is 204 g/mol. The Morgan fingerprint density at radius 3 is 2.94 bits per heavy atom. The van der Waals surface area contributed by atoms with Crippen LogP contribution in [0.3, 0.4) is 0 Å². The van der Waals surface area contributed by atoms with Gasteiger partial charge in [-0.1, -0.05) is 6.08 Å². The van der Waals surface area contributed by atoms with Crippen molar-refractivity contribution in [1.82, 2.24) is 10.6 Å². The first-order valence-electron chi connectivity index (χ1n) is 6.04. The molecule has 0 aromatic heterocycles. The van der Waals surface area contributed by atoms with E-state index in [1.54, 1.807) is 0 Å². The summed E-state index contributed by atoms with van der Waals surface area (Å²) in [6, 6.07) is 0.190. The normalized spacial score (nSPS) is 38.8. The first-order valence-corrected chi connectivity index (χ1v) is 6.04. The summed E-state index contributed by atoms with van der Waals surface area (Å²) in [5, 5.41) is 6.76. The van der Waals surface area contributed by atoms with Crippen LogP contribution in [-0.2, 0) is 9.59 Å². The molecule has 4 heteroatoms. The molecule has 3 aliphatic rings. The van der Waals surface area contributed by atoms with Gasteiger partial charge in [-0.2, -0.15) is 0 Å². The highest BCUT2D eigenvalue weighted by Crippen LogP contribution is 2.31. The van der Waals surface area contributed by atoms with Gasteiger partial charge in [0.05, 0.1) is 6.04 Å². The molecule has 86 valence electrons. The van der Waals surface area contributed by atoms with Gasteiger partial charge in [0.15, 0.2) is 0 Å². The SMILES string of the molecule is O=C1C(=O)C2CCCNC2C2NCCC=C12. The number of carbonyl (C=O) groups is 2. The molecule has 0 aromatic rings. The van der Waals surface area contributed by atoms with Crippen LogP contribution in [0.2, 0.25) is 0 Å². The van der Waals surface area contributed by atoms with Crippen molar-refractivity contribution < 1.29 is 9.59 Å². The van der Waals surface area contributed by atoms with Gasteiger partial charge in [-0.15, -0.1) is 0 Å². The maximum absolute atomic E-state index is 12.0. The van der Waals surface area contributed by atoms with Crippen molar-refractivity contribution in [3.63, 3.8) is 0 Å². The molecule has 0 bridgehead atoms. The zero-order valence-electron chi connectivity index (χ0n) is 9.16. The summed E-state index contributed by atoms with van der Waals surface area (Å²) in [4.78, 5) is 23.9. The van der Waals surface area contributed by atoms with Crippen molar-refractivity contribution >= 4 is 11.6 Å². The highest BCUT2D eigenvalue weighted by atomic mass is 16.2. The maximum Gasteiger partial charge on any atom is 0.226 e. The molecule has 3 rings (SSSR count). The Bertz CT molecular complexity index is 375. The van der Waals surface area contributed by atoms with Gasteiger partial charge in [0.2, 0.25) is 11.6 Å². The molecule has 0 radical (unpaired) electrons. The molecule has 0 spiro atoms. The fraction of sp³-hybridized carbons (Fsp3) is 0.667. The Morgan fingerprint density at radius 2 is 2.06 bits per heavy atom. The largest absolute Gasteiger partial charge is 0.311 e. The lowest BCUT2D eigenvalue weighted by Crippen LogP contribution is -2.63. The minimum absolute atomic E-state index is 0.0595. The van der Waals surface area contributed by atoms with Crippen LogP contribution in [0.5, 0.6) is 0 Å². The van der Waals surface area contributed by atoms with Crippen molar-refractivity contribution in [3.05, 3.63) is 11.6 Å². The van der Waals surface area contributed by atoms with Crippen LogP contribution in [0.25, 0.3) is 0 Å². The fourth-order valence-corrected chi connectivity index (χ4v) is 3.13. The predicted octanol–water partition coefficient (Wildman–Crippen LogP) is -0.205. The van der Waals surface area contributed by atoms with Gasteiger partial charge in [-0.25, -0.2) is 0 Å². The molecule has 2 fully saturated rings. The molecule has 4 nitrogen and oxygen atoms in total. The molecule has 16 heavy (non-hydrogen) atoms. The molecule has 2 heterocycles. The van der Waals surface area contributed by atoms with Gasteiger partial charge < -0.3 is 10.6 Å². The van der Waals surface area contributed by atoms with E-state index in [2.05, 4.69) is 10.6 Å². The molecule has 0 aromatic carbocycles. The van der Waals surface area contributed by atoms with Crippen LogP contribution in [-0.4, -0.2) is 36.7 Å². The summed E-state index contributed by atoms with van der Waals surface area (Å²) in [5.41, 5.74) is 0.701. The minimum Gasteiger partial charge on any atom is -0.311 e. The lowest BCUT2D eigenvalue weighted by atomic mass is 9.71. The number of Topliss-reactive ketones (excluding diaryl/α,β-unsaturated/α-hetero) is 2. The lowest BCUT2D eigenvalue weighted by molar-refractivity contribution is -0.140. The van der Waals surface area contributed by atoms with E-state index in [1.807, 2.05) is 6.08 Å². The third kappa shape index (κ3) is 1.37. The third-order valence-electron chi connectivity index (χ3n) is 3.90. The number of rotatable bonds is 0. The Kier molecular flexibility index (Phi) is 2.41. The second kappa shape index (κ2) is 3.79. The number of nitrogens with one attached hydrogen (secondary N) is 2. The number of fused-ring (bicyclic) bond motifs is 3. The average Bonchev–Trinajstić information content (AvgIpc) is 2.36. The Balaban J connectivity index is 1.98. The highest BCUT2D eigenvalue weighted by Gasteiger charge is 2.47. The van der Waals surface area contributed by atoms with Crippen molar-refractivity contribution in [1.29, 1.82) is 0 Å². The molecule has 3 atom stereocenters. The van der Waals surface area contributed by atoms with E-state index in [1.165, 1.54) is 0 Å². The van der Waals surface area contributed by atoms with Gasteiger partial charge in [0.25, 0.3) is 0 Å². The number of ketones is 2. The summed E-state index contributed by atoms with van der Waals surface area (Å²) < 4.78 is 0. The summed E-state index contributed by atoms with van der Waals surface area (Å²) in [7, 11) is 0. The van der Waals surface area contributed by atoms with E-state index in [9.17, 15) is 9.59 Å². The number of carbonyl (C=O) groups excluding carboxylic acids is 2. The van der Waals surface area contributed by atoms with Gasteiger partial charge in [0, 0.05) is 17.5 Å². The first kappa shape index (κ1) is 10.2. The zero-order chi connectivity index (χ0) is 11.1. The van der Waals surface area contributed by atoms with Gasteiger partial charge >= 0.3 is 0 Å². The molecule has 3 unspecified atom stereocenters. The molecule has 2 aliphatic heterocycles. The van der Waals surface area contributed by atoms with E-state index in [4.69, 9.17) is 0 Å². The van der Waals surface area contributed by atoms with Crippen LogP contribution >= 0.6 is 0 Å². The zero-order valence-corrected chi connectivity index (χ0v) is 9.16. The quantitative estimate of drug-likeness (QED) is 0.555. The molecular formula is C12H16N2O2. The molecule has 1 saturated heterocycles. The first-order chi connectivity index (χ1) is 7.79. The standard InChI is InChI=1S/C12H16N2O2/c15-11-7-3-1-5-13-9(7)10-8(12(11)16)4-2-6-14-10/h3,8-10,13-14H,1-2,4-6H2. The average molecular weight is 220 g/mol. The molecule has 1 aliphatic carbocycles. The Morgan fingerprint density at radius 1 is 1.19 bits per heavy atom. The molecule has 1 saturated carbocycles. The minimum atomic E-state index is -0.248. The lowest BCUT2D eigenvalue weighted by Gasteiger charge is -2.43. The smallest absolute Gasteiger partial charge is 0.226 e. The number of hydrogen-bond acceptors (Lipinski definition) is 4. The Labute approximate surface area is 94.5 Å². The van der Waals surface area contributed by atoms with Crippen LogP contribution in [0.1, 0.15) is 19.3 Å². The van der Waals surface area contributed by atoms with Crippen LogP contribution in [0.15, 0.2) is 11.6 Å². The third-order valence-corrected chi connectivity index (χ3v) is 3.90. The summed E-state index contributed by atoms with van der Waals surface area (Å²) in [5.74, 6) is -0.528. The highest BCUT2D eigenvalue weighted by molar-refractivity contribution is 6.45. The topological polar surface area (TPSA) is 58.2 Å². The Hall–Kier alpha value is -1.00. The fourth-order valence-electron chi connectivity index (χ4n) is 3.13. The monoisotopic (exact) mass is 220 g/mol. The van der Waals surface area contributed by atoms with Crippen molar-refractivity contribution in [2.75, 3.05) is 13.1 Å². The number of hydrogen-bond donors (Lipinski definition) is 2. The van der Waals surface area contributed by atoms with Crippen molar-refractivity contribution in [2.45, 2.75) is 31.3 Å². The summed E-state index contributed by atoms with van der Waals surface area (Å²) in [6.07, 6.45) is 4.63. The maximum atomic E-state index is 12.0. The second-order valence-corrected chi connectivity index (χ2v) is 4.80. The van der Waals surface area contributed by atoms with Crippen LogP contribution in [0, 0.1) is 5.92 Å². The van der Waals surface area contributed by atoms with E-state index < -0.39 is 0 Å². The van der Waals surface area contributed by atoms with Crippen molar-refractivity contribution in [2.24, 2.45) is 5.92 Å².